The third kappa shape index (κ3) is 2.81. The lowest BCUT2D eigenvalue weighted by Gasteiger charge is -2.25. The monoisotopic (exact) mass is 173 g/mol. The molecule has 1 rings (SSSR count). The molecule has 6 heteroatoms. The highest BCUT2D eigenvalue weighted by Gasteiger charge is 2.25. The summed E-state index contributed by atoms with van der Waals surface area (Å²) in [5, 5.41) is 9.19. The second-order valence-corrected chi connectivity index (χ2v) is 2.84. The number of nitrogens with zero attached hydrogens (tertiary/aromatic N) is 1. The van der Waals surface area contributed by atoms with Crippen molar-refractivity contribution in [1.29, 1.82) is 0 Å². The van der Waals surface area contributed by atoms with Gasteiger partial charge in [0.25, 0.3) is 0 Å². The van der Waals surface area contributed by atoms with Crippen molar-refractivity contribution in [2.45, 2.75) is 13.1 Å². The maximum absolute atomic E-state index is 10.9. The number of carbonyl (C=O) groups is 1. The Morgan fingerprint density at radius 2 is 2.42 bits per heavy atom. The van der Waals surface area contributed by atoms with Crippen molar-refractivity contribution in [2.24, 2.45) is 0 Å². The number of hydrogen-bond donors (Lipinski definition) is 1. The Kier molecular flexibility index (Phi) is 3.08. The van der Waals surface area contributed by atoms with E-state index in [-0.39, 0.29) is 12.5 Å². The van der Waals surface area contributed by atoms with Crippen molar-refractivity contribution in [1.82, 2.24) is 4.90 Å². The molecule has 1 N–H and O–H groups in total. The number of β-amino-alcohol motifs (C(OH)–C–C–N with tert-alkyl or cyclic N) is 1. The van der Waals surface area contributed by atoms with Crippen LogP contribution >= 0.6 is 0 Å². The van der Waals surface area contributed by atoms with Gasteiger partial charge in [0.2, 0.25) is 0 Å². The van der Waals surface area contributed by atoms with Gasteiger partial charge < -0.3 is 14.4 Å². The van der Waals surface area contributed by atoms with E-state index in [0.717, 1.165) is 0 Å². The predicted octanol–water partition coefficient (Wildman–Crippen LogP) is -1.07. The minimum Gasteiger partial charge on any atom is -0.509 e. The molecular formula is C6H12BNO4. The first-order valence-electron chi connectivity index (χ1n) is 3.79. The summed E-state index contributed by atoms with van der Waals surface area (Å²) in [6, 6.07) is 0. The van der Waals surface area contributed by atoms with Gasteiger partial charge in [-0.25, -0.2) is 0 Å². The molecule has 1 atom stereocenters. The van der Waals surface area contributed by atoms with Crippen LogP contribution in [-0.4, -0.2) is 49.5 Å². The summed E-state index contributed by atoms with van der Waals surface area (Å²) in [5.74, 6) is -0.336. The molecule has 1 heterocycles. The summed E-state index contributed by atoms with van der Waals surface area (Å²) in [6.07, 6.45) is -0.891. The Labute approximate surface area is 71.4 Å². The molecule has 0 amide bonds. The SMILES string of the molecule is CB1OC(=O)CN(C)CC(O)O1. The Balaban J connectivity index is 2.51. The van der Waals surface area contributed by atoms with Crippen LogP contribution in [0.5, 0.6) is 0 Å². The van der Waals surface area contributed by atoms with Crippen LogP contribution in [0.4, 0.5) is 0 Å². The van der Waals surface area contributed by atoms with Gasteiger partial charge in [0.05, 0.1) is 6.54 Å². The molecule has 12 heavy (non-hydrogen) atoms. The lowest BCUT2D eigenvalue weighted by Crippen LogP contribution is -2.43. The zero-order valence-electron chi connectivity index (χ0n) is 7.19. The summed E-state index contributed by atoms with van der Waals surface area (Å²) >= 11 is 0. The van der Waals surface area contributed by atoms with Crippen LogP contribution in [0.3, 0.4) is 0 Å². The number of carbonyl (C=O) groups excluding carboxylic acids is 1. The Morgan fingerprint density at radius 3 is 3.08 bits per heavy atom. The second-order valence-electron chi connectivity index (χ2n) is 2.84. The Morgan fingerprint density at radius 1 is 1.75 bits per heavy atom. The molecule has 1 saturated heterocycles. The van der Waals surface area contributed by atoms with Gasteiger partial charge in [-0.3, -0.25) is 9.69 Å². The van der Waals surface area contributed by atoms with Gasteiger partial charge >= 0.3 is 13.1 Å². The van der Waals surface area contributed by atoms with E-state index in [1.165, 1.54) is 0 Å². The van der Waals surface area contributed by atoms with Crippen LogP contribution in [0.15, 0.2) is 0 Å². The van der Waals surface area contributed by atoms with Crippen molar-refractivity contribution < 1.29 is 19.2 Å². The van der Waals surface area contributed by atoms with E-state index in [1.54, 1.807) is 18.8 Å². The fourth-order valence-corrected chi connectivity index (χ4v) is 1.07. The first-order chi connectivity index (χ1) is 5.58. The van der Waals surface area contributed by atoms with Gasteiger partial charge in [-0.1, -0.05) is 0 Å². The highest BCUT2D eigenvalue weighted by atomic mass is 16.7. The number of aliphatic hydroxyl groups is 1. The predicted molar refractivity (Wildman–Crippen MR) is 42.3 cm³/mol. The summed E-state index contributed by atoms with van der Waals surface area (Å²) in [6.45, 7) is 2.08. The van der Waals surface area contributed by atoms with Crippen molar-refractivity contribution >= 4 is 13.1 Å². The maximum atomic E-state index is 10.9. The molecule has 1 unspecified atom stereocenters. The van der Waals surface area contributed by atoms with Crippen molar-refractivity contribution in [3.63, 3.8) is 0 Å². The van der Waals surface area contributed by atoms with E-state index < -0.39 is 13.4 Å². The van der Waals surface area contributed by atoms with Crippen LogP contribution in [0.25, 0.3) is 0 Å². The standard InChI is InChI=1S/C6H12BNO4/c1-7-11-5(9)3-8(2)4-6(10)12-7/h5,9H,3-4H2,1-2H3. The molecule has 1 aliphatic rings. The van der Waals surface area contributed by atoms with Gasteiger partial charge in [0.15, 0.2) is 6.29 Å². The Bertz CT molecular complexity index is 161. The molecule has 0 aromatic rings. The van der Waals surface area contributed by atoms with E-state index >= 15 is 0 Å². The smallest absolute Gasteiger partial charge is 0.509 e. The molecular weight excluding hydrogens is 161 g/mol. The van der Waals surface area contributed by atoms with Gasteiger partial charge in [0, 0.05) is 6.54 Å². The van der Waals surface area contributed by atoms with E-state index in [1.807, 2.05) is 0 Å². The third-order valence-corrected chi connectivity index (χ3v) is 1.51. The first kappa shape index (κ1) is 9.50. The molecule has 5 nitrogen and oxygen atoms in total. The lowest BCUT2D eigenvalue weighted by molar-refractivity contribution is -0.143. The van der Waals surface area contributed by atoms with Crippen molar-refractivity contribution in [3.8, 4) is 0 Å². The molecule has 0 aliphatic carbocycles. The van der Waals surface area contributed by atoms with Crippen LogP contribution in [0, 0.1) is 0 Å². The zero-order chi connectivity index (χ0) is 9.14. The first-order valence-corrected chi connectivity index (χ1v) is 3.79. The van der Waals surface area contributed by atoms with Gasteiger partial charge in [-0.2, -0.15) is 0 Å². The van der Waals surface area contributed by atoms with E-state index in [0.29, 0.717) is 6.54 Å². The van der Waals surface area contributed by atoms with E-state index in [4.69, 9.17) is 9.31 Å². The van der Waals surface area contributed by atoms with Crippen LogP contribution in [0.1, 0.15) is 0 Å². The summed E-state index contributed by atoms with van der Waals surface area (Å²) in [5.41, 5.74) is 0. The molecule has 0 spiro atoms. The van der Waals surface area contributed by atoms with Crippen molar-refractivity contribution in [2.75, 3.05) is 20.1 Å². The van der Waals surface area contributed by atoms with Crippen LogP contribution < -0.4 is 0 Å². The molecule has 68 valence electrons. The summed E-state index contributed by atoms with van der Waals surface area (Å²) in [4.78, 5) is 12.6. The normalized spacial score (nSPS) is 27.8. The molecule has 1 fully saturated rings. The van der Waals surface area contributed by atoms with Crippen LogP contribution in [-0.2, 0) is 14.1 Å². The highest BCUT2D eigenvalue weighted by Crippen LogP contribution is 2.01. The molecule has 0 radical (unpaired) electrons. The maximum Gasteiger partial charge on any atom is 0.525 e. The van der Waals surface area contributed by atoms with Gasteiger partial charge in [-0.05, 0) is 13.9 Å². The number of rotatable bonds is 0. The van der Waals surface area contributed by atoms with E-state index in [2.05, 4.69) is 0 Å². The Hall–Kier alpha value is -0.585. The molecule has 0 aromatic carbocycles. The minimum absolute atomic E-state index is 0.185. The molecule has 0 saturated carbocycles. The van der Waals surface area contributed by atoms with E-state index in [9.17, 15) is 9.90 Å². The lowest BCUT2D eigenvalue weighted by atomic mass is 9.95. The number of aliphatic hydroxyl groups excluding tert-OH is 1. The fraction of sp³-hybridized carbons (Fsp3) is 0.833. The molecule has 0 bridgehead atoms. The minimum atomic E-state index is -0.891. The quantitative estimate of drug-likeness (QED) is 0.472. The van der Waals surface area contributed by atoms with Gasteiger partial charge in [-0.15, -0.1) is 0 Å². The van der Waals surface area contributed by atoms with Crippen molar-refractivity contribution in [3.05, 3.63) is 0 Å². The average Bonchev–Trinajstić information content (AvgIpc) is 1.81. The molecule has 0 aromatic heterocycles. The number of likely N-dealkylation sites (N-methyl/N-ethyl adjacent to an activating group) is 1. The zero-order valence-corrected chi connectivity index (χ0v) is 7.19. The molecule has 1 aliphatic heterocycles. The third-order valence-electron chi connectivity index (χ3n) is 1.51. The average molecular weight is 173 g/mol. The van der Waals surface area contributed by atoms with Gasteiger partial charge in [0.1, 0.15) is 0 Å². The van der Waals surface area contributed by atoms with Crippen LogP contribution in [0.2, 0.25) is 6.82 Å². The highest BCUT2D eigenvalue weighted by molar-refractivity contribution is 6.45. The fourth-order valence-electron chi connectivity index (χ4n) is 1.07. The summed E-state index contributed by atoms with van der Waals surface area (Å²) in [7, 11) is 1.05. The largest absolute Gasteiger partial charge is 0.525 e. The second kappa shape index (κ2) is 3.89. The topological polar surface area (TPSA) is 59.0 Å². The summed E-state index contributed by atoms with van der Waals surface area (Å²) < 4.78 is 9.67. The number of hydrogen-bond acceptors (Lipinski definition) is 5.